The first-order chi connectivity index (χ1) is 7.77. The lowest BCUT2D eigenvalue weighted by atomic mass is 10.1. The first kappa shape index (κ1) is 13.4. The molecule has 1 unspecified atom stereocenters. The van der Waals surface area contributed by atoms with E-state index in [1.807, 2.05) is 0 Å². The molecule has 0 spiro atoms. The number of halogens is 4. The van der Waals surface area contributed by atoms with Crippen LogP contribution in [0.2, 0.25) is 0 Å². The van der Waals surface area contributed by atoms with Crippen LogP contribution in [0.5, 0.6) is 0 Å². The summed E-state index contributed by atoms with van der Waals surface area (Å²) in [6.07, 6.45) is -6.63. The van der Waals surface area contributed by atoms with Crippen molar-refractivity contribution in [2.75, 3.05) is 7.11 Å². The number of ether oxygens (including phenoxy) is 1. The van der Waals surface area contributed by atoms with Crippen LogP contribution in [0, 0.1) is 5.82 Å². The normalized spacial score (nSPS) is 13.3. The number of rotatable bonds is 2. The molecule has 0 aliphatic heterocycles. The molecule has 1 N–H and O–H groups in total. The molecule has 1 rings (SSSR count). The molecule has 1 aromatic rings. The topological polar surface area (TPSA) is 46.5 Å². The van der Waals surface area contributed by atoms with Gasteiger partial charge in [-0.25, -0.2) is 9.18 Å². The van der Waals surface area contributed by atoms with E-state index >= 15 is 0 Å². The van der Waals surface area contributed by atoms with E-state index in [1.165, 1.54) is 0 Å². The minimum absolute atomic E-state index is 0.303. The Morgan fingerprint density at radius 3 is 2.41 bits per heavy atom. The van der Waals surface area contributed by atoms with Gasteiger partial charge in [-0.1, -0.05) is 6.07 Å². The molecule has 3 nitrogen and oxygen atoms in total. The van der Waals surface area contributed by atoms with Gasteiger partial charge in [0.15, 0.2) is 6.10 Å². The Labute approximate surface area is 93.6 Å². The van der Waals surface area contributed by atoms with Crippen molar-refractivity contribution in [2.24, 2.45) is 0 Å². The molecule has 17 heavy (non-hydrogen) atoms. The number of aliphatic hydroxyl groups is 1. The highest BCUT2D eigenvalue weighted by Gasteiger charge is 2.34. The third-order valence-corrected chi connectivity index (χ3v) is 2.04. The molecule has 1 atom stereocenters. The van der Waals surface area contributed by atoms with Crippen LogP contribution >= 0.6 is 0 Å². The molecular formula is C10H8F4O3. The number of carbonyl (C=O) groups is 1. The summed E-state index contributed by atoms with van der Waals surface area (Å²) in [6, 6.07) is 1.72. The van der Waals surface area contributed by atoms with Gasteiger partial charge in [-0.3, -0.25) is 0 Å². The molecule has 0 radical (unpaired) electrons. The van der Waals surface area contributed by atoms with Crippen molar-refractivity contribution < 1.29 is 32.2 Å². The van der Waals surface area contributed by atoms with E-state index in [0.29, 0.717) is 12.1 Å². The number of carbonyl (C=O) groups excluding carboxylic acids is 1. The van der Waals surface area contributed by atoms with Crippen LogP contribution in [0.1, 0.15) is 17.2 Å². The summed E-state index contributed by atoms with van der Waals surface area (Å²) in [5, 5.41) is 9.28. The van der Waals surface area contributed by atoms with E-state index in [4.69, 9.17) is 0 Å². The van der Waals surface area contributed by atoms with E-state index in [1.54, 1.807) is 0 Å². The molecule has 0 saturated carbocycles. The average molecular weight is 252 g/mol. The van der Waals surface area contributed by atoms with Crippen molar-refractivity contribution in [1.29, 1.82) is 0 Å². The summed E-state index contributed by atoms with van der Waals surface area (Å²) >= 11 is 0. The predicted molar refractivity (Wildman–Crippen MR) is 48.4 cm³/mol. The van der Waals surface area contributed by atoms with Gasteiger partial charge in [0.1, 0.15) is 5.82 Å². The van der Waals surface area contributed by atoms with Crippen molar-refractivity contribution in [3.05, 3.63) is 35.1 Å². The van der Waals surface area contributed by atoms with Gasteiger partial charge >= 0.3 is 12.1 Å². The van der Waals surface area contributed by atoms with Gasteiger partial charge in [0.05, 0.1) is 12.7 Å². The minimum atomic E-state index is -4.82. The Balaban J connectivity index is 3.09. The zero-order valence-corrected chi connectivity index (χ0v) is 8.58. The van der Waals surface area contributed by atoms with Gasteiger partial charge in [0.2, 0.25) is 0 Å². The Bertz CT molecular complexity index is 428. The fraction of sp³-hybridized carbons (Fsp3) is 0.300. The number of esters is 1. The van der Waals surface area contributed by atoms with Crippen LogP contribution < -0.4 is 0 Å². The lowest BCUT2D eigenvalue weighted by Crippen LogP contribution is -2.15. The van der Waals surface area contributed by atoms with Gasteiger partial charge in [-0.2, -0.15) is 13.2 Å². The predicted octanol–water partition coefficient (Wildman–Crippen LogP) is 2.05. The van der Waals surface area contributed by atoms with Gasteiger partial charge in [0.25, 0.3) is 0 Å². The molecule has 7 heteroatoms. The quantitative estimate of drug-likeness (QED) is 0.647. The maximum atomic E-state index is 13.1. The number of alkyl halides is 3. The van der Waals surface area contributed by atoms with E-state index in [-0.39, 0.29) is 5.56 Å². The number of hydrogen-bond acceptors (Lipinski definition) is 3. The van der Waals surface area contributed by atoms with Crippen LogP contribution in [0.15, 0.2) is 18.2 Å². The molecule has 0 amide bonds. The van der Waals surface area contributed by atoms with Gasteiger partial charge in [-0.15, -0.1) is 0 Å². The second-order valence-electron chi connectivity index (χ2n) is 3.16. The fourth-order valence-corrected chi connectivity index (χ4v) is 1.18. The second kappa shape index (κ2) is 4.70. The summed E-state index contributed by atoms with van der Waals surface area (Å²) in [5.41, 5.74) is -1.76. The monoisotopic (exact) mass is 252 g/mol. The maximum Gasteiger partial charge on any atom is 0.419 e. The van der Waals surface area contributed by atoms with Crippen LogP contribution in [-0.2, 0) is 15.7 Å². The summed E-state index contributed by atoms with van der Waals surface area (Å²) in [6.45, 7) is 0. The lowest BCUT2D eigenvalue weighted by Gasteiger charge is -2.12. The van der Waals surface area contributed by atoms with Crippen molar-refractivity contribution in [3.63, 3.8) is 0 Å². The van der Waals surface area contributed by atoms with E-state index in [2.05, 4.69) is 4.74 Å². The summed E-state index contributed by atoms with van der Waals surface area (Å²) in [7, 11) is 0.992. The first-order valence-electron chi connectivity index (χ1n) is 4.40. The molecule has 0 saturated heterocycles. The van der Waals surface area contributed by atoms with E-state index in [9.17, 15) is 27.5 Å². The smallest absolute Gasteiger partial charge is 0.419 e. The van der Waals surface area contributed by atoms with Crippen LogP contribution in [-0.4, -0.2) is 18.2 Å². The molecular weight excluding hydrogens is 244 g/mol. The van der Waals surface area contributed by atoms with Crippen LogP contribution in [0.25, 0.3) is 0 Å². The summed E-state index contributed by atoms with van der Waals surface area (Å²) in [5.74, 6) is -2.64. The van der Waals surface area contributed by atoms with Crippen LogP contribution in [0.3, 0.4) is 0 Å². The van der Waals surface area contributed by atoms with Gasteiger partial charge in [0, 0.05) is 0 Å². The molecule has 0 aliphatic rings. The second-order valence-corrected chi connectivity index (χ2v) is 3.16. The third kappa shape index (κ3) is 2.94. The average Bonchev–Trinajstić information content (AvgIpc) is 2.25. The Morgan fingerprint density at radius 2 is 2.00 bits per heavy atom. The highest BCUT2D eigenvalue weighted by Crippen LogP contribution is 2.32. The van der Waals surface area contributed by atoms with Crippen molar-refractivity contribution in [2.45, 2.75) is 12.3 Å². The highest BCUT2D eigenvalue weighted by molar-refractivity contribution is 5.76. The van der Waals surface area contributed by atoms with Crippen molar-refractivity contribution in [3.8, 4) is 0 Å². The lowest BCUT2D eigenvalue weighted by molar-refractivity contribution is -0.150. The SMILES string of the molecule is COC(=O)C(O)c1ccc(C(F)(F)F)c(F)c1. The summed E-state index contributed by atoms with van der Waals surface area (Å²) in [4.78, 5) is 10.9. The molecule has 0 aliphatic carbocycles. The van der Waals surface area contributed by atoms with E-state index < -0.39 is 29.6 Å². The number of benzene rings is 1. The Kier molecular flexibility index (Phi) is 3.72. The van der Waals surface area contributed by atoms with Crippen molar-refractivity contribution >= 4 is 5.97 Å². The fourth-order valence-electron chi connectivity index (χ4n) is 1.18. The number of methoxy groups -OCH3 is 1. The highest BCUT2D eigenvalue weighted by atomic mass is 19.4. The zero-order valence-electron chi connectivity index (χ0n) is 8.58. The molecule has 1 aromatic carbocycles. The molecule has 94 valence electrons. The zero-order chi connectivity index (χ0) is 13.2. The van der Waals surface area contributed by atoms with Gasteiger partial charge < -0.3 is 9.84 Å². The standard InChI is InChI=1S/C10H8F4O3/c1-17-9(16)8(15)5-2-3-6(7(11)4-5)10(12,13)14/h2-4,8,15H,1H3. The number of aliphatic hydroxyl groups excluding tert-OH is 1. The number of hydrogen-bond donors (Lipinski definition) is 1. The molecule has 0 heterocycles. The molecule has 0 aromatic heterocycles. The van der Waals surface area contributed by atoms with Crippen molar-refractivity contribution in [1.82, 2.24) is 0 Å². The van der Waals surface area contributed by atoms with E-state index in [0.717, 1.165) is 13.2 Å². The summed E-state index contributed by atoms with van der Waals surface area (Å²) < 4.78 is 53.9. The minimum Gasteiger partial charge on any atom is -0.467 e. The van der Waals surface area contributed by atoms with Gasteiger partial charge in [-0.05, 0) is 17.7 Å². The largest absolute Gasteiger partial charge is 0.467 e. The molecule has 0 fully saturated rings. The Morgan fingerprint density at radius 1 is 1.41 bits per heavy atom. The Hall–Kier alpha value is -1.63. The molecule has 0 bridgehead atoms. The van der Waals surface area contributed by atoms with Crippen LogP contribution in [0.4, 0.5) is 17.6 Å². The maximum absolute atomic E-state index is 13.1. The first-order valence-corrected chi connectivity index (χ1v) is 4.40. The third-order valence-electron chi connectivity index (χ3n) is 2.04.